The number of amides is 1. The molecule has 0 fully saturated rings. The normalized spacial score (nSPS) is 14.0. The zero-order valence-electron chi connectivity index (χ0n) is 23.0. The maximum atomic E-state index is 15.7. The molecule has 5 rings (SSSR count). The Morgan fingerprint density at radius 2 is 1.73 bits per heavy atom. The van der Waals surface area contributed by atoms with Crippen molar-refractivity contribution in [1.29, 1.82) is 0 Å². The Labute approximate surface area is 241 Å². The number of rotatable bonds is 9. The second-order valence-corrected chi connectivity index (χ2v) is 10.2. The predicted molar refractivity (Wildman–Crippen MR) is 154 cm³/mol. The van der Waals surface area contributed by atoms with E-state index in [1.807, 2.05) is 49.1 Å². The Morgan fingerprint density at radius 3 is 2.41 bits per heavy atom. The lowest BCUT2D eigenvalue weighted by Crippen LogP contribution is -2.50. The number of nitrogens with zero attached hydrogens (tertiary/aromatic N) is 5. The number of aromatic nitrogens is 3. The van der Waals surface area contributed by atoms with Gasteiger partial charge in [-0.3, -0.25) is 14.3 Å². The Kier molecular flexibility index (Phi) is 8.23. The molecule has 8 nitrogen and oxygen atoms in total. The Morgan fingerprint density at radius 1 is 0.976 bits per heavy atom. The number of hydrogen-bond donors (Lipinski definition) is 0. The molecule has 0 saturated heterocycles. The fourth-order valence-corrected chi connectivity index (χ4v) is 5.19. The fourth-order valence-electron chi connectivity index (χ4n) is 4.93. The van der Waals surface area contributed by atoms with Crippen molar-refractivity contribution in [1.82, 2.24) is 14.3 Å². The maximum absolute atomic E-state index is 15.7. The van der Waals surface area contributed by atoms with Crippen LogP contribution in [0.25, 0.3) is 5.69 Å². The Hall–Kier alpha value is -4.02. The van der Waals surface area contributed by atoms with Crippen molar-refractivity contribution in [2.24, 2.45) is 0 Å². The molecular formula is C30H30ClF2N5O3. The summed E-state index contributed by atoms with van der Waals surface area (Å²) in [4.78, 5) is 30.0. The summed E-state index contributed by atoms with van der Waals surface area (Å²) in [6.07, 6.45) is 0.687. The Balaban J connectivity index is 1.54. The highest BCUT2D eigenvalue weighted by atomic mass is 35.5. The van der Waals surface area contributed by atoms with E-state index in [1.165, 1.54) is 33.7 Å². The zero-order chi connectivity index (χ0) is 29.3. The van der Waals surface area contributed by atoms with Crippen molar-refractivity contribution in [3.8, 4) is 5.69 Å². The van der Waals surface area contributed by atoms with Crippen molar-refractivity contribution in [2.75, 3.05) is 16.5 Å². The smallest absolute Gasteiger partial charge is 0.350 e. The SMILES string of the molecule is CC[C@H](C)N1CN(c2c(F)cccc2Cl)C(=O)c2cc(F)c(-n3nc(COCc4ccccc4)n(CC)c3=O)cc21. The van der Waals surface area contributed by atoms with Crippen molar-refractivity contribution >= 4 is 28.9 Å². The minimum Gasteiger partial charge on any atom is -0.369 e. The van der Waals surface area contributed by atoms with E-state index in [1.54, 1.807) is 6.92 Å². The first-order valence-corrected chi connectivity index (χ1v) is 13.8. The summed E-state index contributed by atoms with van der Waals surface area (Å²) in [6, 6.07) is 16.2. The van der Waals surface area contributed by atoms with Crippen LogP contribution >= 0.6 is 11.6 Å². The highest BCUT2D eigenvalue weighted by molar-refractivity contribution is 6.34. The lowest BCUT2D eigenvalue weighted by molar-refractivity contribution is 0.0980. The zero-order valence-corrected chi connectivity index (χ0v) is 23.7. The van der Waals surface area contributed by atoms with Crippen LogP contribution in [-0.2, 0) is 24.5 Å². The Bertz CT molecular complexity index is 1620. The lowest BCUT2D eigenvalue weighted by atomic mass is 10.0. The predicted octanol–water partition coefficient (Wildman–Crippen LogP) is 5.93. The molecule has 2 heterocycles. The van der Waals surface area contributed by atoms with E-state index < -0.39 is 23.2 Å². The summed E-state index contributed by atoms with van der Waals surface area (Å²) in [7, 11) is 0. The molecule has 0 unspecified atom stereocenters. The summed E-state index contributed by atoms with van der Waals surface area (Å²) in [5.74, 6) is -1.73. The average molecular weight is 582 g/mol. The molecule has 41 heavy (non-hydrogen) atoms. The topological polar surface area (TPSA) is 72.6 Å². The van der Waals surface area contributed by atoms with Gasteiger partial charge in [-0.15, -0.1) is 5.10 Å². The third-order valence-corrected chi connectivity index (χ3v) is 7.61. The standard InChI is InChI=1S/C30H30ClF2N5O3/c1-4-19(3)36-18-37(28-22(31)12-9-13-23(28)32)29(39)21-14-24(33)26(15-25(21)36)38-30(40)35(5-2)27(34-38)17-41-16-20-10-7-6-8-11-20/h6-15,19H,4-5,16-18H2,1-3H3/t19-/m0/s1. The fraction of sp³-hybridized carbons (Fsp3) is 0.300. The van der Waals surface area contributed by atoms with Gasteiger partial charge < -0.3 is 9.64 Å². The summed E-state index contributed by atoms with van der Waals surface area (Å²) in [6.45, 7) is 6.39. The highest BCUT2D eigenvalue weighted by Crippen LogP contribution is 2.38. The molecule has 11 heteroatoms. The van der Waals surface area contributed by atoms with E-state index in [2.05, 4.69) is 5.10 Å². The second-order valence-electron chi connectivity index (χ2n) is 9.83. The van der Waals surface area contributed by atoms with E-state index in [9.17, 15) is 14.0 Å². The van der Waals surface area contributed by atoms with Crippen molar-refractivity contribution in [3.63, 3.8) is 0 Å². The maximum Gasteiger partial charge on any atom is 0.350 e. The minimum atomic E-state index is -0.817. The first-order chi connectivity index (χ1) is 19.7. The van der Waals surface area contributed by atoms with Gasteiger partial charge in [-0.1, -0.05) is 54.9 Å². The van der Waals surface area contributed by atoms with Crippen LogP contribution in [-0.4, -0.2) is 33.0 Å². The van der Waals surface area contributed by atoms with Crippen molar-refractivity contribution < 1.29 is 18.3 Å². The number of para-hydroxylation sites is 1. The number of hydrogen-bond acceptors (Lipinski definition) is 5. The molecule has 214 valence electrons. The molecule has 3 aromatic carbocycles. The molecule has 1 aliphatic rings. The van der Waals surface area contributed by atoms with Gasteiger partial charge in [-0.2, -0.15) is 4.68 Å². The van der Waals surface area contributed by atoms with Crippen LogP contribution in [0.4, 0.5) is 20.2 Å². The van der Waals surface area contributed by atoms with Crippen LogP contribution in [0.3, 0.4) is 0 Å². The molecule has 1 aliphatic heterocycles. The van der Waals surface area contributed by atoms with Crippen LogP contribution in [0.2, 0.25) is 5.02 Å². The highest BCUT2D eigenvalue weighted by Gasteiger charge is 2.36. The van der Waals surface area contributed by atoms with E-state index in [0.717, 1.165) is 16.3 Å². The lowest BCUT2D eigenvalue weighted by Gasteiger charge is -2.41. The van der Waals surface area contributed by atoms with Gasteiger partial charge in [0.2, 0.25) is 0 Å². The summed E-state index contributed by atoms with van der Waals surface area (Å²) >= 11 is 6.29. The van der Waals surface area contributed by atoms with E-state index in [0.29, 0.717) is 31.1 Å². The summed E-state index contributed by atoms with van der Waals surface area (Å²) in [5.41, 5.74) is 0.737. The minimum absolute atomic E-state index is 0.0105. The van der Waals surface area contributed by atoms with Gasteiger partial charge in [-0.05, 0) is 50.1 Å². The second kappa shape index (κ2) is 11.8. The van der Waals surface area contributed by atoms with Crippen molar-refractivity contribution in [3.05, 3.63) is 105 Å². The first kappa shape index (κ1) is 28.5. The molecule has 1 amide bonds. The summed E-state index contributed by atoms with van der Waals surface area (Å²) < 4.78 is 38.7. The van der Waals surface area contributed by atoms with Crippen LogP contribution in [0.1, 0.15) is 48.9 Å². The molecule has 0 N–H and O–H groups in total. The van der Waals surface area contributed by atoms with Gasteiger partial charge >= 0.3 is 5.69 Å². The average Bonchev–Trinajstić information content (AvgIpc) is 3.28. The number of carbonyl (C=O) groups excluding carboxylic acids is 1. The van der Waals surface area contributed by atoms with Gasteiger partial charge in [0.1, 0.15) is 29.6 Å². The molecule has 0 bridgehead atoms. The quantitative estimate of drug-likeness (QED) is 0.245. The molecule has 4 aromatic rings. The van der Waals surface area contributed by atoms with Crippen LogP contribution in [0, 0.1) is 11.6 Å². The van der Waals surface area contributed by atoms with E-state index in [-0.39, 0.29) is 41.3 Å². The number of halogens is 3. The molecule has 1 aromatic heterocycles. The molecule has 0 saturated carbocycles. The summed E-state index contributed by atoms with van der Waals surface area (Å²) in [5, 5.41) is 4.48. The largest absolute Gasteiger partial charge is 0.369 e. The molecular weight excluding hydrogens is 552 g/mol. The monoisotopic (exact) mass is 581 g/mol. The number of benzene rings is 3. The molecule has 0 spiro atoms. The van der Waals surface area contributed by atoms with Crippen LogP contribution in [0.15, 0.2) is 65.5 Å². The van der Waals surface area contributed by atoms with E-state index in [4.69, 9.17) is 16.3 Å². The third-order valence-electron chi connectivity index (χ3n) is 7.30. The number of carbonyl (C=O) groups is 1. The number of ether oxygens (including phenoxy) is 1. The van der Waals surface area contributed by atoms with Gasteiger partial charge in [0.25, 0.3) is 5.91 Å². The molecule has 1 atom stereocenters. The third kappa shape index (κ3) is 5.37. The van der Waals surface area contributed by atoms with Gasteiger partial charge in [-0.25, -0.2) is 13.6 Å². The van der Waals surface area contributed by atoms with E-state index >= 15 is 4.39 Å². The van der Waals surface area contributed by atoms with Crippen LogP contribution < -0.4 is 15.5 Å². The van der Waals surface area contributed by atoms with Gasteiger partial charge in [0, 0.05) is 12.6 Å². The van der Waals surface area contributed by atoms with Crippen molar-refractivity contribution in [2.45, 2.75) is 53.0 Å². The first-order valence-electron chi connectivity index (χ1n) is 13.4. The molecule has 0 aliphatic carbocycles. The van der Waals surface area contributed by atoms with Crippen LogP contribution in [0.5, 0.6) is 0 Å². The number of fused-ring (bicyclic) bond motifs is 1. The number of anilines is 2. The van der Waals surface area contributed by atoms with Gasteiger partial charge in [0.05, 0.1) is 29.5 Å². The molecule has 0 radical (unpaired) electrons. The van der Waals surface area contributed by atoms with Gasteiger partial charge in [0.15, 0.2) is 5.82 Å².